The van der Waals surface area contributed by atoms with Crippen LogP contribution in [0.5, 0.6) is 0 Å². The molecular formula is C26H34ClFN4O3S. The van der Waals surface area contributed by atoms with Crippen LogP contribution in [-0.2, 0) is 20.9 Å². The molecule has 0 radical (unpaired) electrons. The Hall–Kier alpha value is -2.23. The maximum atomic E-state index is 14.8. The molecule has 2 heterocycles. The van der Waals surface area contributed by atoms with E-state index in [0.717, 1.165) is 37.0 Å². The summed E-state index contributed by atoms with van der Waals surface area (Å²) in [7, 11) is 0. The number of hydrogen-bond donors (Lipinski definition) is 1. The summed E-state index contributed by atoms with van der Waals surface area (Å²) in [4.78, 5) is 26.9. The predicted octanol–water partition coefficient (Wildman–Crippen LogP) is 4.68. The van der Waals surface area contributed by atoms with Gasteiger partial charge in [-0.1, -0.05) is 23.4 Å². The van der Waals surface area contributed by atoms with Crippen LogP contribution in [0.3, 0.4) is 0 Å². The summed E-state index contributed by atoms with van der Waals surface area (Å²) < 4.78 is 21.5. The van der Waals surface area contributed by atoms with E-state index in [-0.39, 0.29) is 41.1 Å². The largest absolute Gasteiger partial charge is 0.466 e. The smallest absolute Gasteiger partial charge is 0.305 e. The van der Waals surface area contributed by atoms with Crippen LogP contribution in [0.15, 0.2) is 36.0 Å². The van der Waals surface area contributed by atoms with Gasteiger partial charge in [0, 0.05) is 42.8 Å². The number of ketones is 1. The Morgan fingerprint density at radius 3 is 2.75 bits per heavy atom. The first-order chi connectivity index (χ1) is 17.0. The third kappa shape index (κ3) is 7.17. The molecule has 36 heavy (non-hydrogen) atoms. The van der Waals surface area contributed by atoms with Crippen LogP contribution in [0.4, 0.5) is 4.39 Å². The zero-order valence-electron chi connectivity index (χ0n) is 20.5. The van der Waals surface area contributed by atoms with Crippen molar-refractivity contribution in [3.05, 3.63) is 53.1 Å². The molecule has 0 bridgehead atoms. The molecule has 7 nitrogen and oxygen atoms in total. The number of halogens is 2. The summed E-state index contributed by atoms with van der Waals surface area (Å²) in [6, 6.07) is 6.02. The van der Waals surface area contributed by atoms with E-state index >= 15 is 0 Å². The van der Waals surface area contributed by atoms with Crippen molar-refractivity contribution in [3.63, 3.8) is 0 Å². The first-order valence-corrected chi connectivity index (χ1v) is 12.9. The number of benzene rings is 1. The second-order valence-corrected chi connectivity index (χ2v) is 9.86. The number of carbonyl (C=O) groups excluding carboxylic acids is 2. The van der Waals surface area contributed by atoms with Crippen molar-refractivity contribution in [2.45, 2.75) is 63.3 Å². The number of hydrogen-bond acceptors (Lipinski definition) is 7. The second-order valence-electron chi connectivity index (χ2n) is 9.24. The van der Waals surface area contributed by atoms with Crippen LogP contribution >= 0.6 is 25.0 Å². The molecule has 0 amide bonds. The highest BCUT2D eigenvalue weighted by Crippen LogP contribution is 2.39. The van der Waals surface area contributed by atoms with E-state index in [9.17, 15) is 14.0 Å². The molecular weight excluding hydrogens is 503 g/mol. The van der Waals surface area contributed by atoms with Gasteiger partial charge in [-0.15, -0.1) is 17.5 Å². The monoisotopic (exact) mass is 536 g/mol. The Labute approximate surface area is 223 Å². The molecule has 2 fully saturated rings. The van der Waals surface area contributed by atoms with Crippen molar-refractivity contribution >= 4 is 42.9 Å². The van der Waals surface area contributed by atoms with Crippen LogP contribution in [0.25, 0.3) is 6.08 Å². The number of Topliss-reactive ketones (excluding diaryl/α,β-unsaturated/α-hetero) is 1. The van der Waals surface area contributed by atoms with Crippen molar-refractivity contribution in [1.29, 1.82) is 0 Å². The van der Waals surface area contributed by atoms with Gasteiger partial charge >= 0.3 is 5.97 Å². The van der Waals surface area contributed by atoms with Crippen LogP contribution in [0.2, 0.25) is 0 Å². The van der Waals surface area contributed by atoms with E-state index in [4.69, 9.17) is 17.4 Å². The van der Waals surface area contributed by atoms with Gasteiger partial charge in [-0.2, -0.15) is 12.6 Å². The summed E-state index contributed by atoms with van der Waals surface area (Å²) in [5.74, 6) is -0.379. The second kappa shape index (κ2) is 13.4. The lowest BCUT2D eigenvalue weighted by Gasteiger charge is -2.37. The molecule has 1 aliphatic carbocycles. The number of nitrogens with zero attached hydrogens (tertiary/aromatic N) is 4. The third-order valence-corrected chi connectivity index (χ3v) is 7.19. The van der Waals surface area contributed by atoms with Crippen LogP contribution in [0, 0.1) is 11.7 Å². The van der Waals surface area contributed by atoms with Gasteiger partial charge in [0.15, 0.2) is 5.78 Å². The third-order valence-electron chi connectivity index (χ3n) is 6.60. The molecule has 1 aromatic heterocycles. The number of unbranched alkanes of at least 4 members (excludes halogenated alkanes) is 1. The van der Waals surface area contributed by atoms with Gasteiger partial charge in [0.25, 0.3) is 0 Å². The van der Waals surface area contributed by atoms with E-state index in [0.29, 0.717) is 44.6 Å². The quantitative estimate of drug-likeness (QED) is 0.255. The van der Waals surface area contributed by atoms with E-state index in [1.54, 1.807) is 31.3 Å². The molecule has 1 saturated heterocycles. The normalized spacial score (nSPS) is 20.1. The number of esters is 1. The molecule has 0 spiro atoms. The van der Waals surface area contributed by atoms with Crippen LogP contribution < -0.4 is 0 Å². The van der Waals surface area contributed by atoms with Gasteiger partial charge in [-0.3, -0.25) is 14.5 Å². The van der Waals surface area contributed by atoms with Gasteiger partial charge in [0.1, 0.15) is 5.82 Å². The van der Waals surface area contributed by atoms with Crippen molar-refractivity contribution in [2.75, 3.05) is 19.7 Å². The van der Waals surface area contributed by atoms with E-state index in [2.05, 4.69) is 15.2 Å². The number of aryl methyl sites for hydroxylation is 1. The van der Waals surface area contributed by atoms with Gasteiger partial charge in [0.2, 0.25) is 0 Å². The summed E-state index contributed by atoms with van der Waals surface area (Å²) >= 11 is 4.80. The van der Waals surface area contributed by atoms with Crippen molar-refractivity contribution in [2.24, 2.45) is 5.92 Å². The number of likely N-dealkylation sites (tertiary alicyclic amines) is 1. The number of thiol groups is 1. The Morgan fingerprint density at radius 1 is 1.25 bits per heavy atom. The number of piperidine rings is 1. The molecule has 196 valence electrons. The highest BCUT2D eigenvalue weighted by Gasteiger charge is 2.40. The topological polar surface area (TPSA) is 77.3 Å². The Bertz CT molecular complexity index is 1070. The molecule has 2 atom stereocenters. The lowest BCUT2D eigenvalue weighted by molar-refractivity contribution is -0.143. The average molecular weight is 537 g/mol. The van der Waals surface area contributed by atoms with Crippen molar-refractivity contribution < 1.29 is 18.7 Å². The Balaban J connectivity index is 0.00000361. The minimum Gasteiger partial charge on any atom is -0.466 e. The maximum Gasteiger partial charge on any atom is 0.305 e. The zero-order chi connectivity index (χ0) is 24.8. The SMILES string of the molecule is CCOC(=O)CCCCn1nncc1/C=C1\CN(C(C(=O)C2CC2)c2ccccc2F)CCC1S.Cl. The minimum atomic E-state index is -0.584. The molecule has 1 saturated carbocycles. The lowest BCUT2D eigenvalue weighted by Crippen LogP contribution is -2.42. The summed E-state index contributed by atoms with van der Waals surface area (Å²) in [5, 5.41) is 8.30. The summed E-state index contributed by atoms with van der Waals surface area (Å²) in [6.45, 7) is 4.03. The molecule has 0 N–H and O–H groups in total. The number of rotatable bonds is 11. The van der Waals surface area contributed by atoms with Gasteiger partial charge in [0.05, 0.1) is 24.5 Å². The highest BCUT2D eigenvalue weighted by molar-refractivity contribution is 7.81. The number of carbonyl (C=O) groups is 2. The minimum absolute atomic E-state index is 0. The molecule has 4 rings (SSSR count). The van der Waals surface area contributed by atoms with E-state index in [1.165, 1.54) is 6.07 Å². The Kier molecular flexibility index (Phi) is 10.5. The first-order valence-electron chi connectivity index (χ1n) is 12.4. The first kappa shape index (κ1) is 28.3. The van der Waals surface area contributed by atoms with Gasteiger partial charge < -0.3 is 4.74 Å². The van der Waals surface area contributed by atoms with Gasteiger partial charge in [-0.05, 0) is 56.7 Å². The molecule has 2 aliphatic rings. The highest BCUT2D eigenvalue weighted by atomic mass is 35.5. The average Bonchev–Trinajstić information content (AvgIpc) is 3.61. The standard InChI is InChI=1S/C26H33FN4O3S.ClH/c1-2-34-24(32)9-5-6-13-31-20(16-28-29-31)15-19-17-30(14-12-23(19)35)25(26(33)18-10-11-18)21-7-3-4-8-22(21)27;/h3-4,7-8,15-16,18,23,25,35H,2,5-6,9-14,17H2,1H3;1H/b19-15+;. The summed E-state index contributed by atoms with van der Waals surface area (Å²) in [5.41, 5.74) is 2.36. The van der Waals surface area contributed by atoms with Crippen molar-refractivity contribution in [1.82, 2.24) is 19.9 Å². The molecule has 2 aromatic rings. The number of aromatic nitrogens is 3. The fourth-order valence-corrected chi connectivity index (χ4v) is 4.85. The van der Waals surface area contributed by atoms with E-state index in [1.807, 2.05) is 10.8 Å². The maximum absolute atomic E-state index is 14.8. The zero-order valence-corrected chi connectivity index (χ0v) is 22.2. The lowest BCUT2D eigenvalue weighted by atomic mass is 9.93. The number of ether oxygens (including phenoxy) is 1. The molecule has 2 unspecified atom stereocenters. The fraction of sp³-hybridized carbons (Fsp3) is 0.538. The summed E-state index contributed by atoms with van der Waals surface area (Å²) in [6.07, 6.45) is 8.16. The van der Waals surface area contributed by atoms with Crippen molar-refractivity contribution in [3.8, 4) is 0 Å². The predicted molar refractivity (Wildman–Crippen MR) is 142 cm³/mol. The molecule has 10 heteroatoms. The van der Waals surface area contributed by atoms with E-state index < -0.39 is 6.04 Å². The van der Waals surface area contributed by atoms with Crippen LogP contribution in [-0.4, -0.2) is 56.6 Å². The fourth-order valence-electron chi connectivity index (χ4n) is 4.58. The van der Waals surface area contributed by atoms with Crippen LogP contribution in [0.1, 0.15) is 62.7 Å². The Morgan fingerprint density at radius 2 is 2.03 bits per heavy atom. The molecule has 1 aliphatic heterocycles. The molecule has 1 aromatic carbocycles. The van der Waals surface area contributed by atoms with Gasteiger partial charge in [-0.25, -0.2) is 9.07 Å².